The number of hydrogen-bond donors (Lipinski definition) is 2. The number of aromatic hydroxyl groups is 1. The van der Waals surface area contributed by atoms with E-state index in [9.17, 15) is 9.90 Å². The van der Waals surface area contributed by atoms with Crippen molar-refractivity contribution < 1.29 is 19.4 Å². The third-order valence-corrected chi connectivity index (χ3v) is 6.66. The van der Waals surface area contributed by atoms with Gasteiger partial charge in [-0.25, -0.2) is 4.68 Å². The molecule has 0 atom stereocenters. The molecule has 1 heterocycles. The molecule has 188 valence electrons. The third-order valence-electron chi connectivity index (χ3n) is 5.83. The first-order valence-corrected chi connectivity index (χ1v) is 12.7. The molecule has 9 heteroatoms. The van der Waals surface area contributed by atoms with Crippen LogP contribution in [0.15, 0.2) is 82.2 Å². The van der Waals surface area contributed by atoms with Gasteiger partial charge in [-0.15, -0.1) is 11.3 Å². The standard InChI is InChI=1S/C28H26N4O4S/c1-35-26-13-19(7-12-25(26)36-16-18-5-3-2-4-6-18)15-30-32-23(17-37-28(32)31-21-9-10-21)20-8-11-24(33)22(14-20)27(29)34/h2-8,11-15,17,21,33H,9-10,16H2,1H3,(H2,29,34)/b30-15+,31-28?. The normalized spacial score (nSPS) is 13.7. The van der Waals surface area contributed by atoms with Crippen molar-refractivity contribution >= 4 is 23.5 Å². The molecule has 8 nitrogen and oxygen atoms in total. The first-order valence-electron chi connectivity index (χ1n) is 11.8. The number of benzene rings is 3. The molecule has 5 rings (SSSR count). The first kappa shape index (κ1) is 24.3. The SMILES string of the molecule is COc1cc(/C=N/n2c(-c3ccc(O)c(C(N)=O)c3)csc2=NC2CC2)ccc1OCc1ccccc1. The number of nitrogens with two attached hydrogens (primary N) is 1. The molecule has 1 fully saturated rings. The largest absolute Gasteiger partial charge is 0.507 e. The fourth-order valence-corrected chi connectivity index (χ4v) is 4.60. The highest BCUT2D eigenvalue weighted by molar-refractivity contribution is 7.07. The Kier molecular flexibility index (Phi) is 7.04. The summed E-state index contributed by atoms with van der Waals surface area (Å²) in [5, 5.41) is 16.7. The zero-order valence-corrected chi connectivity index (χ0v) is 21.0. The zero-order valence-electron chi connectivity index (χ0n) is 20.2. The number of phenols is 1. The number of amides is 1. The minimum Gasteiger partial charge on any atom is -0.507 e. The van der Waals surface area contributed by atoms with Crippen LogP contribution in [0.4, 0.5) is 0 Å². The van der Waals surface area contributed by atoms with Gasteiger partial charge in [0, 0.05) is 10.9 Å². The molecule has 37 heavy (non-hydrogen) atoms. The van der Waals surface area contributed by atoms with Gasteiger partial charge in [0.25, 0.3) is 5.91 Å². The van der Waals surface area contributed by atoms with Crippen molar-refractivity contribution in [1.29, 1.82) is 0 Å². The van der Waals surface area contributed by atoms with Gasteiger partial charge in [0.1, 0.15) is 12.4 Å². The molecular weight excluding hydrogens is 488 g/mol. The molecule has 1 aliphatic carbocycles. The van der Waals surface area contributed by atoms with Crippen LogP contribution in [0.3, 0.4) is 0 Å². The average molecular weight is 515 g/mol. The van der Waals surface area contributed by atoms with Crippen LogP contribution in [-0.2, 0) is 6.61 Å². The summed E-state index contributed by atoms with van der Waals surface area (Å²) in [7, 11) is 1.60. The molecule has 0 saturated heterocycles. The Morgan fingerprint density at radius 2 is 1.95 bits per heavy atom. The lowest BCUT2D eigenvalue weighted by molar-refractivity contribution is 0.0998. The van der Waals surface area contributed by atoms with Gasteiger partial charge in [0.2, 0.25) is 4.80 Å². The van der Waals surface area contributed by atoms with Crippen molar-refractivity contribution in [1.82, 2.24) is 4.68 Å². The summed E-state index contributed by atoms with van der Waals surface area (Å²) in [6.45, 7) is 0.435. The summed E-state index contributed by atoms with van der Waals surface area (Å²) in [4.78, 5) is 17.3. The quantitative estimate of drug-likeness (QED) is 0.319. The van der Waals surface area contributed by atoms with Crippen LogP contribution in [-0.4, -0.2) is 35.1 Å². The second-order valence-corrected chi connectivity index (χ2v) is 9.44. The van der Waals surface area contributed by atoms with Gasteiger partial charge in [-0.2, -0.15) is 5.10 Å². The van der Waals surface area contributed by atoms with Gasteiger partial charge in [0.05, 0.1) is 30.6 Å². The predicted molar refractivity (Wildman–Crippen MR) is 143 cm³/mol. The monoisotopic (exact) mass is 514 g/mol. The smallest absolute Gasteiger partial charge is 0.252 e. The molecule has 0 spiro atoms. The molecule has 0 unspecified atom stereocenters. The van der Waals surface area contributed by atoms with E-state index >= 15 is 0 Å². The number of thiazole rings is 1. The van der Waals surface area contributed by atoms with Crippen LogP contribution in [0, 0.1) is 0 Å². The number of aromatic nitrogens is 1. The van der Waals surface area contributed by atoms with Crippen LogP contribution >= 0.6 is 11.3 Å². The van der Waals surface area contributed by atoms with Gasteiger partial charge in [-0.1, -0.05) is 30.3 Å². The molecular formula is C28H26N4O4S. The Hall–Kier alpha value is -4.37. The Morgan fingerprint density at radius 3 is 2.68 bits per heavy atom. The second-order valence-electron chi connectivity index (χ2n) is 8.60. The fourth-order valence-electron chi connectivity index (χ4n) is 3.69. The molecule has 4 aromatic rings. The lowest BCUT2D eigenvalue weighted by atomic mass is 10.1. The summed E-state index contributed by atoms with van der Waals surface area (Å²) >= 11 is 1.47. The average Bonchev–Trinajstić information content (AvgIpc) is 3.65. The van der Waals surface area contributed by atoms with Crippen LogP contribution in [0.5, 0.6) is 17.2 Å². The maximum atomic E-state index is 11.8. The zero-order chi connectivity index (χ0) is 25.8. The lowest BCUT2D eigenvalue weighted by Gasteiger charge is -2.11. The van der Waals surface area contributed by atoms with Crippen LogP contribution in [0.2, 0.25) is 0 Å². The summed E-state index contributed by atoms with van der Waals surface area (Å²) in [5.41, 5.74) is 8.80. The van der Waals surface area contributed by atoms with E-state index < -0.39 is 5.91 Å². The van der Waals surface area contributed by atoms with Gasteiger partial charge in [-0.05, 0) is 60.4 Å². The highest BCUT2D eigenvalue weighted by Crippen LogP contribution is 2.30. The minimum absolute atomic E-state index is 0.0516. The van der Waals surface area contributed by atoms with Crippen molar-refractivity contribution in [2.24, 2.45) is 15.8 Å². The molecule has 3 aromatic carbocycles. The van der Waals surface area contributed by atoms with Gasteiger partial charge >= 0.3 is 0 Å². The van der Waals surface area contributed by atoms with E-state index in [0.717, 1.165) is 34.5 Å². The number of methoxy groups -OCH3 is 1. The van der Waals surface area contributed by atoms with Crippen molar-refractivity contribution in [2.75, 3.05) is 7.11 Å². The van der Waals surface area contributed by atoms with Crippen molar-refractivity contribution in [3.63, 3.8) is 0 Å². The number of primary amides is 1. The number of carbonyl (C=O) groups is 1. The van der Waals surface area contributed by atoms with E-state index in [2.05, 4.69) is 0 Å². The molecule has 1 aliphatic rings. The molecule has 1 aromatic heterocycles. The van der Waals surface area contributed by atoms with Gasteiger partial charge in [-0.3, -0.25) is 9.79 Å². The van der Waals surface area contributed by atoms with E-state index in [1.807, 2.05) is 53.9 Å². The van der Waals surface area contributed by atoms with E-state index in [-0.39, 0.29) is 11.3 Å². The van der Waals surface area contributed by atoms with E-state index in [1.165, 1.54) is 17.4 Å². The molecule has 1 amide bonds. The third kappa shape index (κ3) is 5.73. The van der Waals surface area contributed by atoms with E-state index in [4.69, 9.17) is 25.3 Å². The van der Waals surface area contributed by atoms with Crippen molar-refractivity contribution in [3.8, 4) is 28.5 Å². The Morgan fingerprint density at radius 1 is 1.14 bits per heavy atom. The highest BCUT2D eigenvalue weighted by atomic mass is 32.1. The summed E-state index contributed by atoms with van der Waals surface area (Å²) in [6.07, 6.45) is 3.84. The first-order chi connectivity index (χ1) is 18.0. The van der Waals surface area contributed by atoms with Gasteiger partial charge in [0.15, 0.2) is 11.5 Å². The molecule has 3 N–H and O–H groups in total. The summed E-state index contributed by atoms with van der Waals surface area (Å²) < 4.78 is 13.3. The Bertz CT molecular complexity index is 1520. The number of carbonyl (C=O) groups excluding carboxylic acids is 1. The van der Waals surface area contributed by atoms with Gasteiger partial charge < -0.3 is 20.3 Å². The number of nitrogens with zero attached hydrogens (tertiary/aromatic N) is 3. The topological polar surface area (TPSA) is 111 Å². The predicted octanol–water partition coefficient (Wildman–Crippen LogP) is 4.55. The second kappa shape index (κ2) is 10.7. The fraction of sp³-hybridized carbons (Fsp3) is 0.179. The van der Waals surface area contributed by atoms with Crippen molar-refractivity contribution in [3.05, 3.63) is 93.6 Å². The van der Waals surface area contributed by atoms with E-state index in [1.54, 1.807) is 30.1 Å². The number of ether oxygens (including phenoxy) is 2. The Labute approximate surface area is 218 Å². The van der Waals surface area contributed by atoms with E-state index in [0.29, 0.717) is 29.7 Å². The van der Waals surface area contributed by atoms with Crippen LogP contribution in [0.25, 0.3) is 11.3 Å². The molecule has 1 saturated carbocycles. The molecule has 0 bridgehead atoms. The molecule has 0 aliphatic heterocycles. The summed E-state index contributed by atoms with van der Waals surface area (Å²) in [5.74, 6) is 0.378. The maximum Gasteiger partial charge on any atom is 0.252 e. The highest BCUT2D eigenvalue weighted by Gasteiger charge is 2.21. The van der Waals surface area contributed by atoms with Crippen molar-refractivity contribution in [2.45, 2.75) is 25.5 Å². The number of rotatable bonds is 9. The minimum atomic E-state index is -0.700. The van der Waals surface area contributed by atoms with Crippen LogP contribution in [0.1, 0.15) is 34.3 Å². The van der Waals surface area contributed by atoms with Crippen LogP contribution < -0.4 is 20.0 Å². The summed E-state index contributed by atoms with van der Waals surface area (Å²) in [6, 6.07) is 20.6. The Balaban J connectivity index is 1.45. The lowest BCUT2D eigenvalue weighted by Crippen LogP contribution is -2.14. The number of hydrogen-bond acceptors (Lipinski definition) is 7. The molecule has 0 radical (unpaired) electrons. The maximum absolute atomic E-state index is 11.8.